The molecule has 0 amide bonds. The van der Waals surface area contributed by atoms with Crippen molar-refractivity contribution in [2.24, 2.45) is 5.92 Å². The minimum atomic E-state index is 0.843. The lowest BCUT2D eigenvalue weighted by molar-refractivity contribution is 0.317. The first-order chi connectivity index (χ1) is 8.28. The van der Waals surface area contributed by atoms with Crippen molar-refractivity contribution in [1.82, 2.24) is 15.2 Å². The van der Waals surface area contributed by atoms with Gasteiger partial charge in [-0.25, -0.2) is 4.98 Å². The molecule has 2 heterocycles. The molecule has 1 aromatic rings. The summed E-state index contributed by atoms with van der Waals surface area (Å²) in [6, 6.07) is 0. The molecule has 1 saturated heterocycles. The van der Waals surface area contributed by atoms with Crippen molar-refractivity contribution < 1.29 is 0 Å². The molecule has 3 nitrogen and oxygen atoms in total. The molecule has 1 aliphatic rings. The van der Waals surface area contributed by atoms with Crippen LogP contribution in [-0.4, -0.2) is 36.1 Å². The van der Waals surface area contributed by atoms with Crippen LogP contribution in [0, 0.1) is 12.8 Å². The van der Waals surface area contributed by atoms with Crippen molar-refractivity contribution in [3.63, 3.8) is 0 Å². The van der Waals surface area contributed by atoms with Crippen molar-refractivity contribution in [2.75, 3.05) is 26.2 Å². The van der Waals surface area contributed by atoms with Gasteiger partial charge in [-0.05, 0) is 45.3 Å². The largest absolute Gasteiger partial charge is 0.316 e. The smallest absolute Gasteiger partial charge is 0.0897 e. The lowest BCUT2D eigenvalue weighted by Crippen LogP contribution is -2.26. The van der Waals surface area contributed by atoms with Crippen LogP contribution in [0.1, 0.15) is 29.7 Å². The van der Waals surface area contributed by atoms with E-state index < -0.39 is 0 Å². The highest BCUT2D eigenvalue weighted by molar-refractivity contribution is 7.11. The quantitative estimate of drug-likeness (QED) is 0.788. The van der Waals surface area contributed by atoms with E-state index in [2.05, 4.69) is 29.0 Å². The van der Waals surface area contributed by atoms with Crippen LogP contribution in [0.15, 0.2) is 6.20 Å². The molecule has 96 valence electrons. The molecule has 1 aromatic heterocycles. The Morgan fingerprint density at radius 2 is 2.47 bits per heavy atom. The maximum Gasteiger partial charge on any atom is 0.0897 e. The van der Waals surface area contributed by atoms with Crippen LogP contribution in [0.25, 0.3) is 0 Å². The van der Waals surface area contributed by atoms with Gasteiger partial charge < -0.3 is 5.32 Å². The monoisotopic (exact) mass is 253 g/mol. The van der Waals surface area contributed by atoms with E-state index in [4.69, 9.17) is 0 Å². The Kier molecular flexibility index (Phi) is 4.95. The maximum absolute atomic E-state index is 4.32. The van der Waals surface area contributed by atoms with Crippen LogP contribution >= 0.6 is 11.3 Å². The number of thiazole rings is 1. The lowest BCUT2D eigenvalue weighted by Gasteiger charge is -2.14. The summed E-state index contributed by atoms with van der Waals surface area (Å²) >= 11 is 1.83. The first-order valence-corrected chi connectivity index (χ1v) is 7.44. The molecule has 2 rings (SSSR count). The zero-order chi connectivity index (χ0) is 12.1. The molecule has 0 aromatic carbocycles. The van der Waals surface area contributed by atoms with Gasteiger partial charge in [-0.3, -0.25) is 4.90 Å². The van der Waals surface area contributed by atoms with Gasteiger partial charge in [-0.1, -0.05) is 6.92 Å². The summed E-state index contributed by atoms with van der Waals surface area (Å²) in [5, 5.41) is 4.71. The minimum absolute atomic E-state index is 0.843. The number of nitrogens with one attached hydrogen (secondary N) is 1. The summed E-state index contributed by atoms with van der Waals surface area (Å²) in [4.78, 5) is 8.29. The molecular weight excluding hydrogens is 230 g/mol. The summed E-state index contributed by atoms with van der Waals surface area (Å²) in [5.74, 6) is 0.843. The second-order valence-electron chi connectivity index (χ2n) is 4.94. The highest BCUT2D eigenvalue weighted by atomic mass is 32.1. The predicted octanol–water partition coefficient (Wildman–Crippen LogP) is 2.27. The van der Waals surface area contributed by atoms with Crippen LogP contribution < -0.4 is 5.32 Å². The fourth-order valence-electron chi connectivity index (χ4n) is 2.40. The second-order valence-corrected chi connectivity index (χ2v) is 6.26. The van der Waals surface area contributed by atoms with Crippen molar-refractivity contribution in [3.8, 4) is 0 Å². The first kappa shape index (κ1) is 13.0. The van der Waals surface area contributed by atoms with Gasteiger partial charge in [0.05, 0.1) is 5.01 Å². The molecule has 1 fully saturated rings. The molecule has 0 spiro atoms. The number of rotatable bonds is 6. The molecule has 1 N–H and O–H groups in total. The van der Waals surface area contributed by atoms with Crippen molar-refractivity contribution in [1.29, 1.82) is 0 Å². The van der Waals surface area contributed by atoms with Crippen LogP contribution in [0.2, 0.25) is 0 Å². The van der Waals surface area contributed by atoms with Crippen LogP contribution in [0.4, 0.5) is 0 Å². The van der Waals surface area contributed by atoms with Crippen LogP contribution in [0.5, 0.6) is 0 Å². The SMILES string of the molecule is CCCNCC1CCN(Cc2cnc(C)s2)C1. The van der Waals surface area contributed by atoms with Crippen molar-refractivity contribution in [3.05, 3.63) is 16.1 Å². The van der Waals surface area contributed by atoms with E-state index in [1.165, 1.54) is 42.4 Å². The van der Waals surface area contributed by atoms with E-state index in [0.717, 1.165) is 19.0 Å². The van der Waals surface area contributed by atoms with Gasteiger partial charge in [-0.2, -0.15) is 0 Å². The minimum Gasteiger partial charge on any atom is -0.316 e. The van der Waals surface area contributed by atoms with E-state index in [1.807, 2.05) is 17.5 Å². The molecule has 0 saturated carbocycles. The van der Waals surface area contributed by atoms with E-state index in [9.17, 15) is 0 Å². The zero-order valence-electron chi connectivity index (χ0n) is 10.9. The Morgan fingerprint density at radius 1 is 1.59 bits per heavy atom. The number of aryl methyl sites for hydroxylation is 1. The maximum atomic E-state index is 4.32. The molecule has 17 heavy (non-hydrogen) atoms. The average molecular weight is 253 g/mol. The summed E-state index contributed by atoms with van der Waals surface area (Å²) in [6.07, 6.45) is 4.60. The van der Waals surface area contributed by atoms with Crippen molar-refractivity contribution >= 4 is 11.3 Å². The average Bonchev–Trinajstić information content (AvgIpc) is 2.90. The summed E-state index contributed by atoms with van der Waals surface area (Å²) < 4.78 is 0. The number of likely N-dealkylation sites (tertiary alicyclic amines) is 1. The van der Waals surface area contributed by atoms with E-state index in [1.54, 1.807) is 0 Å². The Labute approximate surface area is 108 Å². The summed E-state index contributed by atoms with van der Waals surface area (Å²) in [7, 11) is 0. The third-order valence-corrected chi connectivity index (χ3v) is 4.18. The molecule has 0 bridgehead atoms. The highest BCUT2D eigenvalue weighted by Crippen LogP contribution is 2.20. The van der Waals surface area contributed by atoms with Gasteiger partial charge in [0, 0.05) is 24.2 Å². The van der Waals surface area contributed by atoms with Crippen LogP contribution in [-0.2, 0) is 6.54 Å². The Bertz CT molecular complexity index is 337. The summed E-state index contributed by atoms with van der Waals surface area (Å²) in [6.45, 7) is 10.2. The third kappa shape index (κ3) is 4.05. The highest BCUT2D eigenvalue weighted by Gasteiger charge is 2.22. The standard InChI is InChI=1S/C13H23N3S/c1-3-5-14-7-12-4-6-16(9-12)10-13-8-15-11(2)17-13/h8,12,14H,3-7,9-10H2,1-2H3. The van der Waals surface area contributed by atoms with E-state index >= 15 is 0 Å². The fourth-order valence-corrected chi connectivity index (χ4v) is 3.24. The number of nitrogens with zero attached hydrogens (tertiary/aromatic N) is 2. The summed E-state index contributed by atoms with van der Waals surface area (Å²) in [5.41, 5.74) is 0. The fraction of sp³-hybridized carbons (Fsp3) is 0.769. The number of hydrogen-bond acceptors (Lipinski definition) is 4. The van der Waals surface area contributed by atoms with E-state index in [0.29, 0.717) is 0 Å². The second kappa shape index (κ2) is 6.47. The van der Waals surface area contributed by atoms with Gasteiger partial charge in [0.25, 0.3) is 0 Å². The van der Waals surface area contributed by atoms with Crippen LogP contribution in [0.3, 0.4) is 0 Å². The zero-order valence-corrected chi connectivity index (χ0v) is 11.7. The molecule has 0 aliphatic carbocycles. The Hall–Kier alpha value is -0.450. The molecule has 4 heteroatoms. The predicted molar refractivity (Wildman–Crippen MR) is 73.4 cm³/mol. The Balaban J connectivity index is 1.70. The van der Waals surface area contributed by atoms with E-state index in [-0.39, 0.29) is 0 Å². The van der Waals surface area contributed by atoms with Gasteiger partial charge >= 0.3 is 0 Å². The van der Waals surface area contributed by atoms with Crippen molar-refractivity contribution in [2.45, 2.75) is 33.2 Å². The normalized spacial score (nSPS) is 21.2. The molecule has 1 atom stereocenters. The molecule has 1 unspecified atom stereocenters. The van der Waals surface area contributed by atoms with Gasteiger partial charge in [-0.15, -0.1) is 11.3 Å². The van der Waals surface area contributed by atoms with Gasteiger partial charge in [0.15, 0.2) is 0 Å². The molecular formula is C13H23N3S. The van der Waals surface area contributed by atoms with Gasteiger partial charge in [0.2, 0.25) is 0 Å². The number of hydrogen-bond donors (Lipinski definition) is 1. The molecule has 1 aliphatic heterocycles. The lowest BCUT2D eigenvalue weighted by atomic mass is 10.1. The Morgan fingerprint density at radius 3 is 3.18 bits per heavy atom. The number of aromatic nitrogens is 1. The molecule has 0 radical (unpaired) electrons. The third-order valence-electron chi connectivity index (χ3n) is 3.28. The van der Waals surface area contributed by atoms with Gasteiger partial charge in [0.1, 0.15) is 0 Å². The topological polar surface area (TPSA) is 28.2 Å². The first-order valence-electron chi connectivity index (χ1n) is 6.62.